The first-order valence-electron chi connectivity index (χ1n) is 14.2. The van der Waals surface area contributed by atoms with Crippen LogP contribution >= 0.6 is 11.3 Å². The van der Waals surface area contributed by atoms with Crippen LogP contribution in [0.25, 0.3) is 22.8 Å². The Bertz CT molecular complexity index is 1850. The molecule has 0 fully saturated rings. The molecule has 0 radical (unpaired) electrons. The van der Waals surface area contributed by atoms with Gasteiger partial charge in [-0.3, -0.25) is 4.57 Å². The predicted molar refractivity (Wildman–Crippen MR) is 168 cm³/mol. The van der Waals surface area contributed by atoms with E-state index in [1.807, 2.05) is 47.2 Å². The van der Waals surface area contributed by atoms with Crippen molar-refractivity contribution in [2.24, 2.45) is 10.4 Å². The predicted octanol–water partition coefficient (Wildman–Crippen LogP) is 7.49. The Morgan fingerprint density at radius 2 is 1.64 bits per heavy atom. The first kappa shape index (κ1) is 31.7. The fraction of sp³-hybridized carbons (Fsp3) is 0.273. The highest BCUT2D eigenvalue weighted by Crippen LogP contribution is 2.26. The summed E-state index contributed by atoms with van der Waals surface area (Å²) in [4.78, 5) is 22.3. The number of nitrogens with one attached hydrogen (secondary N) is 1. The maximum absolute atomic E-state index is 12.9. The average Bonchev–Trinajstić information content (AvgIpc) is 3.60. The number of alkyl halides is 3. The van der Waals surface area contributed by atoms with E-state index in [1.54, 1.807) is 0 Å². The van der Waals surface area contributed by atoms with Crippen LogP contribution in [0.3, 0.4) is 0 Å². The lowest BCUT2D eigenvalue weighted by Gasteiger charge is -2.24. The summed E-state index contributed by atoms with van der Waals surface area (Å²) < 4.78 is 44.7. The number of rotatable bonds is 8. The van der Waals surface area contributed by atoms with E-state index in [4.69, 9.17) is 0 Å². The third kappa shape index (κ3) is 7.88. The lowest BCUT2D eigenvalue weighted by atomic mass is 9.85. The van der Waals surface area contributed by atoms with Gasteiger partial charge in [0.2, 0.25) is 0 Å². The van der Waals surface area contributed by atoms with Gasteiger partial charge >= 0.3 is 12.4 Å². The second kappa shape index (κ2) is 12.7. The summed E-state index contributed by atoms with van der Waals surface area (Å²) in [5.41, 5.74) is 6.46. The third-order valence-electron chi connectivity index (χ3n) is 7.18. The number of urea groups is 1. The Hall–Kier alpha value is -4.71. The summed E-state index contributed by atoms with van der Waals surface area (Å²) in [5, 5.41) is 9.44. The summed E-state index contributed by atoms with van der Waals surface area (Å²) in [6.07, 6.45) is -2.54. The smallest absolute Gasteiger partial charge is 0.406 e. The van der Waals surface area contributed by atoms with Crippen LogP contribution in [0.2, 0.25) is 0 Å². The normalized spacial score (nSPS) is 12.4. The Labute approximate surface area is 262 Å². The maximum atomic E-state index is 12.9. The molecule has 0 saturated heterocycles. The SMILES string of the molecule is Cc1cccc(C)c1-n1c(C)cs/c1=N\C(=O)NCC(C)(C)Cc1ccc(-c2ncn(-c3ccc(OC(F)(F)F)cc3)n2)cc1. The monoisotopic (exact) mass is 634 g/mol. The molecule has 12 heteroatoms. The van der Waals surface area contributed by atoms with E-state index >= 15 is 0 Å². The number of nitrogens with zero attached hydrogens (tertiary/aromatic N) is 5. The summed E-state index contributed by atoms with van der Waals surface area (Å²) in [7, 11) is 0. The minimum atomic E-state index is -4.75. The van der Waals surface area contributed by atoms with E-state index in [2.05, 4.69) is 65.0 Å². The van der Waals surface area contributed by atoms with Gasteiger partial charge in [0.05, 0.1) is 11.4 Å². The highest BCUT2D eigenvalue weighted by Gasteiger charge is 2.31. The molecule has 8 nitrogen and oxygen atoms in total. The molecule has 0 aliphatic rings. The first-order valence-corrected chi connectivity index (χ1v) is 15.1. The molecule has 2 heterocycles. The number of benzene rings is 3. The second-order valence-electron chi connectivity index (χ2n) is 11.6. The van der Waals surface area contributed by atoms with Gasteiger partial charge < -0.3 is 10.1 Å². The van der Waals surface area contributed by atoms with Crippen molar-refractivity contribution in [3.05, 3.63) is 106 Å². The summed E-state index contributed by atoms with van der Waals surface area (Å²) in [6, 6.07) is 19.0. The number of halogens is 3. The molecule has 0 aliphatic carbocycles. The van der Waals surface area contributed by atoms with Crippen molar-refractivity contribution >= 4 is 17.4 Å². The fourth-order valence-electron chi connectivity index (χ4n) is 5.05. The molecule has 0 spiro atoms. The summed E-state index contributed by atoms with van der Waals surface area (Å²) in [5.74, 6) is 0.172. The highest BCUT2D eigenvalue weighted by molar-refractivity contribution is 7.07. The molecule has 2 aromatic heterocycles. The summed E-state index contributed by atoms with van der Waals surface area (Å²) in [6.45, 7) is 10.7. The molecule has 2 amide bonds. The number of aryl methyl sites for hydroxylation is 3. The molecular weight excluding hydrogens is 601 g/mol. The quantitative estimate of drug-likeness (QED) is 0.192. The maximum Gasteiger partial charge on any atom is 0.573 e. The first-order chi connectivity index (χ1) is 21.3. The van der Waals surface area contributed by atoms with Crippen LogP contribution in [0.15, 0.2) is 83.4 Å². The van der Waals surface area contributed by atoms with Gasteiger partial charge in [0.15, 0.2) is 10.6 Å². The van der Waals surface area contributed by atoms with Gasteiger partial charge in [-0.05, 0) is 73.6 Å². The zero-order chi connectivity index (χ0) is 32.4. The van der Waals surface area contributed by atoms with Crippen LogP contribution in [-0.4, -0.2) is 38.3 Å². The van der Waals surface area contributed by atoms with Crippen LogP contribution in [-0.2, 0) is 6.42 Å². The lowest BCUT2D eigenvalue weighted by Crippen LogP contribution is -2.35. The highest BCUT2D eigenvalue weighted by atomic mass is 32.1. The Balaban J connectivity index is 1.21. The fourth-order valence-corrected chi connectivity index (χ4v) is 5.91. The number of hydrogen-bond donors (Lipinski definition) is 1. The van der Waals surface area contributed by atoms with Gasteiger partial charge in [0.25, 0.3) is 0 Å². The van der Waals surface area contributed by atoms with E-state index < -0.39 is 6.36 Å². The number of para-hydroxylation sites is 1. The van der Waals surface area contributed by atoms with Crippen LogP contribution in [0.5, 0.6) is 5.75 Å². The van der Waals surface area contributed by atoms with Gasteiger partial charge in [-0.15, -0.1) is 29.6 Å². The van der Waals surface area contributed by atoms with Gasteiger partial charge in [-0.2, -0.15) is 4.99 Å². The molecule has 5 rings (SSSR count). The number of carbonyl (C=O) groups is 1. The molecule has 0 saturated carbocycles. The van der Waals surface area contributed by atoms with E-state index in [9.17, 15) is 18.0 Å². The topological polar surface area (TPSA) is 86.3 Å². The minimum absolute atomic E-state index is 0.248. The van der Waals surface area contributed by atoms with Gasteiger partial charge in [-0.25, -0.2) is 14.5 Å². The summed E-state index contributed by atoms with van der Waals surface area (Å²) >= 11 is 1.44. The minimum Gasteiger partial charge on any atom is -0.406 e. The second-order valence-corrected chi connectivity index (χ2v) is 12.4. The van der Waals surface area contributed by atoms with E-state index in [0.29, 0.717) is 29.3 Å². The molecule has 3 aromatic carbocycles. The van der Waals surface area contributed by atoms with Crippen molar-refractivity contribution in [1.29, 1.82) is 0 Å². The van der Waals surface area contributed by atoms with Crippen molar-refractivity contribution in [2.45, 2.75) is 47.4 Å². The van der Waals surface area contributed by atoms with Gasteiger partial charge in [-0.1, -0.05) is 56.3 Å². The third-order valence-corrected chi connectivity index (χ3v) is 8.12. The van der Waals surface area contributed by atoms with Crippen molar-refractivity contribution in [2.75, 3.05) is 6.54 Å². The Morgan fingerprint density at radius 3 is 2.29 bits per heavy atom. The number of carbonyl (C=O) groups excluding carboxylic acids is 1. The van der Waals surface area contributed by atoms with Gasteiger partial charge in [0.1, 0.15) is 12.1 Å². The molecule has 0 bridgehead atoms. The lowest BCUT2D eigenvalue weighted by molar-refractivity contribution is -0.274. The number of thiazole rings is 1. The van der Waals surface area contributed by atoms with Crippen LogP contribution in [0, 0.1) is 26.2 Å². The standard InChI is InChI=1S/C33H33F3N6O2S/c1-21-7-6-8-22(2)28(21)42-23(3)18-45-31(42)39-30(43)37-19-32(4,5)17-24-9-11-25(12-10-24)29-38-20-41(40-29)26-13-15-27(16-14-26)44-33(34,35)36/h6-16,18,20H,17,19H2,1-5H3,(H,37,43)/b39-31-. The number of amides is 2. The van der Waals surface area contributed by atoms with E-state index in [-0.39, 0.29) is 17.2 Å². The molecule has 0 unspecified atom stereocenters. The molecule has 5 aromatic rings. The zero-order valence-corrected chi connectivity index (χ0v) is 26.3. The largest absolute Gasteiger partial charge is 0.573 e. The molecule has 234 valence electrons. The van der Waals surface area contributed by atoms with Gasteiger partial charge in [0, 0.05) is 23.2 Å². The molecule has 1 N–H and O–H groups in total. The van der Waals surface area contributed by atoms with Crippen LogP contribution in [0.4, 0.5) is 18.0 Å². The number of ether oxygens (including phenoxy) is 1. The number of aromatic nitrogens is 4. The molecule has 45 heavy (non-hydrogen) atoms. The van der Waals surface area contributed by atoms with E-state index in [0.717, 1.165) is 33.6 Å². The van der Waals surface area contributed by atoms with Crippen molar-refractivity contribution < 1.29 is 22.7 Å². The van der Waals surface area contributed by atoms with Crippen LogP contribution in [0.1, 0.15) is 36.2 Å². The molecular formula is C33H33F3N6O2S. The van der Waals surface area contributed by atoms with Crippen LogP contribution < -0.4 is 14.9 Å². The average molecular weight is 635 g/mol. The Morgan fingerprint density at radius 1 is 0.978 bits per heavy atom. The molecule has 0 aliphatic heterocycles. The Kier molecular flexibility index (Phi) is 8.96. The van der Waals surface area contributed by atoms with Crippen molar-refractivity contribution in [3.63, 3.8) is 0 Å². The number of hydrogen-bond acceptors (Lipinski definition) is 5. The van der Waals surface area contributed by atoms with Crippen molar-refractivity contribution in [3.8, 4) is 28.5 Å². The zero-order valence-electron chi connectivity index (χ0n) is 25.5. The van der Waals surface area contributed by atoms with E-state index in [1.165, 1.54) is 46.6 Å². The molecule has 0 atom stereocenters. The van der Waals surface area contributed by atoms with Crippen molar-refractivity contribution in [1.82, 2.24) is 24.6 Å².